The molecule has 0 atom stereocenters. The maximum Gasteiger partial charge on any atom is 0.118 e. The van der Waals surface area contributed by atoms with Crippen molar-refractivity contribution in [2.24, 2.45) is 4.99 Å². The van der Waals surface area contributed by atoms with Gasteiger partial charge in [0.1, 0.15) is 5.75 Å². The van der Waals surface area contributed by atoms with E-state index in [1.165, 1.54) is 0 Å². The largest absolute Gasteiger partial charge is 0.497 e. The summed E-state index contributed by atoms with van der Waals surface area (Å²) in [6, 6.07) is 7.99. The molecule has 1 aromatic carbocycles. The number of rotatable bonds is 4. The predicted molar refractivity (Wildman–Crippen MR) is 65.7 cm³/mol. The molecule has 2 nitrogen and oxygen atoms in total. The van der Waals surface area contributed by atoms with Crippen molar-refractivity contribution in [2.75, 3.05) is 13.7 Å². The van der Waals surface area contributed by atoms with Gasteiger partial charge in [-0.2, -0.15) is 0 Å². The van der Waals surface area contributed by atoms with Crippen LogP contribution in [0.15, 0.2) is 35.3 Å². The number of hydrogen-bond donors (Lipinski definition) is 0. The van der Waals surface area contributed by atoms with Crippen LogP contribution in [0.5, 0.6) is 5.75 Å². The summed E-state index contributed by atoms with van der Waals surface area (Å²) in [4.78, 5) is 4.24. The van der Waals surface area contributed by atoms with Gasteiger partial charge in [0, 0.05) is 12.8 Å². The molecule has 0 bridgehead atoms. The van der Waals surface area contributed by atoms with Gasteiger partial charge in [-0.1, -0.05) is 18.2 Å². The van der Waals surface area contributed by atoms with Gasteiger partial charge in [0.15, 0.2) is 0 Å². The van der Waals surface area contributed by atoms with Crippen LogP contribution in [0.4, 0.5) is 0 Å². The molecule has 0 unspecified atom stereocenters. The molecule has 0 N–H and O–H groups in total. The zero-order valence-corrected chi connectivity index (χ0v) is 9.53. The standard InChI is InChI=1S/C13H17NO/c1-4-11(10-14-5-2)12-6-8-13(15-3)9-7-12/h4,6-10H,5H2,1-3H3/b11-4+,14-10?. The van der Waals surface area contributed by atoms with E-state index in [0.29, 0.717) is 0 Å². The van der Waals surface area contributed by atoms with Crippen molar-refractivity contribution in [1.29, 1.82) is 0 Å². The van der Waals surface area contributed by atoms with Gasteiger partial charge in [-0.25, -0.2) is 0 Å². The van der Waals surface area contributed by atoms with E-state index in [-0.39, 0.29) is 0 Å². The van der Waals surface area contributed by atoms with E-state index in [9.17, 15) is 0 Å². The molecule has 0 spiro atoms. The molecule has 0 amide bonds. The predicted octanol–water partition coefficient (Wildman–Crippen LogP) is 3.19. The Kier molecular flexibility index (Phi) is 4.61. The second-order valence-corrected chi connectivity index (χ2v) is 3.10. The molecule has 0 heterocycles. The molecule has 0 saturated heterocycles. The van der Waals surface area contributed by atoms with E-state index >= 15 is 0 Å². The summed E-state index contributed by atoms with van der Waals surface area (Å²) >= 11 is 0. The van der Waals surface area contributed by atoms with Crippen molar-refractivity contribution in [1.82, 2.24) is 0 Å². The summed E-state index contributed by atoms with van der Waals surface area (Å²) < 4.78 is 5.11. The third-order valence-electron chi connectivity index (χ3n) is 2.15. The Balaban J connectivity index is 2.89. The summed E-state index contributed by atoms with van der Waals surface area (Å²) in [5.41, 5.74) is 2.30. The van der Waals surface area contributed by atoms with Crippen LogP contribution >= 0.6 is 0 Å². The molecule has 0 aliphatic heterocycles. The monoisotopic (exact) mass is 203 g/mol. The molecule has 2 heteroatoms. The number of benzene rings is 1. The zero-order chi connectivity index (χ0) is 11.1. The first-order valence-corrected chi connectivity index (χ1v) is 5.12. The van der Waals surface area contributed by atoms with E-state index < -0.39 is 0 Å². The van der Waals surface area contributed by atoms with Crippen LogP contribution in [-0.2, 0) is 0 Å². The normalized spacial score (nSPS) is 12.1. The third-order valence-corrected chi connectivity index (χ3v) is 2.15. The molecule has 0 aromatic heterocycles. The highest BCUT2D eigenvalue weighted by Crippen LogP contribution is 2.17. The van der Waals surface area contributed by atoms with Gasteiger partial charge < -0.3 is 4.74 Å². The Bertz CT molecular complexity index is 349. The average molecular weight is 203 g/mol. The number of aliphatic imine (C=N–C) groups is 1. The summed E-state index contributed by atoms with van der Waals surface area (Å²) in [6.07, 6.45) is 3.96. The average Bonchev–Trinajstić information content (AvgIpc) is 2.31. The molecule has 0 fully saturated rings. The van der Waals surface area contributed by atoms with Gasteiger partial charge in [-0.05, 0) is 37.1 Å². The van der Waals surface area contributed by atoms with Crippen molar-refractivity contribution >= 4 is 11.8 Å². The van der Waals surface area contributed by atoms with Crippen LogP contribution in [0.2, 0.25) is 0 Å². The summed E-state index contributed by atoms with van der Waals surface area (Å²) in [5, 5.41) is 0. The molecule has 80 valence electrons. The Morgan fingerprint density at radius 1 is 1.33 bits per heavy atom. The van der Waals surface area contributed by atoms with Gasteiger partial charge in [0.2, 0.25) is 0 Å². The Hall–Kier alpha value is -1.57. The fourth-order valence-electron chi connectivity index (χ4n) is 1.29. The van der Waals surface area contributed by atoms with Crippen LogP contribution < -0.4 is 4.74 Å². The van der Waals surface area contributed by atoms with Crippen LogP contribution in [0.25, 0.3) is 5.57 Å². The molecule has 0 saturated carbocycles. The highest BCUT2D eigenvalue weighted by molar-refractivity contribution is 6.09. The van der Waals surface area contributed by atoms with Gasteiger partial charge in [-0.3, -0.25) is 4.99 Å². The van der Waals surface area contributed by atoms with Crippen LogP contribution in [0.1, 0.15) is 19.4 Å². The molecule has 0 aliphatic carbocycles. The lowest BCUT2D eigenvalue weighted by molar-refractivity contribution is 0.415. The molecule has 1 aromatic rings. The van der Waals surface area contributed by atoms with Gasteiger partial charge >= 0.3 is 0 Å². The van der Waals surface area contributed by atoms with Crippen molar-refractivity contribution in [3.8, 4) is 5.75 Å². The zero-order valence-electron chi connectivity index (χ0n) is 9.53. The van der Waals surface area contributed by atoms with Crippen molar-refractivity contribution in [3.63, 3.8) is 0 Å². The van der Waals surface area contributed by atoms with Crippen molar-refractivity contribution in [3.05, 3.63) is 35.9 Å². The molecule has 0 radical (unpaired) electrons. The Morgan fingerprint density at radius 2 is 2.00 bits per heavy atom. The number of methoxy groups -OCH3 is 1. The summed E-state index contributed by atoms with van der Waals surface area (Å²) in [6.45, 7) is 4.85. The lowest BCUT2D eigenvalue weighted by Gasteiger charge is -2.03. The molecular weight excluding hydrogens is 186 g/mol. The summed E-state index contributed by atoms with van der Waals surface area (Å²) in [5.74, 6) is 0.877. The molecular formula is C13H17NO. The first kappa shape index (κ1) is 11.5. The molecule has 1 rings (SSSR count). The highest BCUT2D eigenvalue weighted by atomic mass is 16.5. The maximum absolute atomic E-state index is 5.11. The minimum absolute atomic E-state index is 0.813. The van der Waals surface area contributed by atoms with Gasteiger partial charge in [-0.15, -0.1) is 0 Å². The lowest BCUT2D eigenvalue weighted by atomic mass is 10.1. The fraction of sp³-hybridized carbons (Fsp3) is 0.308. The van der Waals surface area contributed by atoms with E-state index in [2.05, 4.69) is 11.1 Å². The molecule has 0 aliphatic rings. The third kappa shape index (κ3) is 3.24. The fourth-order valence-corrected chi connectivity index (χ4v) is 1.29. The Labute approximate surface area is 91.3 Å². The highest BCUT2D eigenvalue weighted by Gasteiger charge is 1.97. The lowest BCUT2D eigenvalue weighted by Crippen LogP contribution is -1.88. The molecule has 15 heavy (non-hydrogen) atoms. The number of ether oxygens (including phenoxy) is 1. The van der Waals surface area contributed by atoms with E-state index in [0.717, 1.165) is 23.4 Å². The van der Waals surface area contributed by atoms with Gasteiger partial charge in [0.25, 0.3) is 0 Å². The Morgan fingerprint density at radius 3 is 2.47 bits per heavy atom. The first-order valence-electron chi connectivity index (χ1n) is 5.12. The van der Waals surface area contributed by atoms with Gasteiger partial charge in [0.05, 0.1) is 7.11 Å². The van der Waals surface area contributed by atoms with E-state index in [4.69, 9.17) is 4.74 Å². The number of allylic oxidation sites excluding steroid dienone is 2. The quantitative estimate of drug-likeness (QED) is 0.689. The van der Waals surface area contributed by atoms with E-state index in [1.54, 1.807) is 7.11 Å². The minimum Gasteiger partial charge on any atom is -0.497 e. The van der Waals surface area contributed by atoms with Crippen LogP contribution in [0.3, 0.4) is 0 Å². The minimum atomic E-state index is 0.813. The van der Waals surface area contributed by atoms with E-state index in [1.807, 2.05) is 44.3 Å². The maximum atomic E-state index is 5.11. The second kappa shape index (κ2) is 6.02. The smallest absolute Gasteiger partial charge is 0.118 e. The van der Waals surface area contributed by atoms with Crippen LogP contribution in [-0.4, -0.2) is 19.9 Å². The summed E-state index contributed by atoms with van der Waals surface area (Å²) in [7, 11) is 1.67. The van der Waals surface area contributed by atoms with Crippen molar-refractivity contribution in [2.45, 2.75) is 13.8 Å². The SMILES string of the molecule is C/C=C(\C=NCC)c1ccc(OC)cc1. The number of nitrogens with zero attached hydrogens (tertiary/aromatic N) is 1. The van der Waals surface area contributed by atoms with Crippen LogP contribution in [0, 0.1) is 0 Å². The first-order chi connectivity index (χ1) is 7.31. The topological polar surface area (TPSA) is 21.6 Å². The second-order valence-electron chi connectivity index (χ2n) is 3.10. The number of hydrogen-bond acceptors (Lipinski definition) is 2. The van der Waals surface area contributed by atoms with Crippen molar-refractivity contribution < 1.29 is 4.74 Å².